The normalized spacial score (nSPS) is 10.4. The van der Waals surface area contributed by atoms with Crippen LogP contribution < -0.4 is 5.32 Å². The lowest BCUT2D eigenvalue weighted by molar-refractivity contribution is 0.282. The van der Waals surface area contributed by atoms with Crippen molar-refractivity contribution in [3.63, 3.8) is 0 Å². The van der Waals surface area contributed by atoms with Gasteiger partial charge in [-0.15, -0.1) is 0 Å². The van der Waals surface area contributed by atoms with Crippen molar-refractivity contribution in [1.29, 1.82) is 0 Å². The van der Waals surface area contributed by atoms with E-state index in [9.17, 15) is 0 Å². The highest BCUT2D eigenvalue weighted by Crippen LogP contribution is 2.11. The highest BCUT2D eigenvalue weighted by Gasteiger charge is 2.02. The van der Waals surface area contributed by atoms with Crippen LogP contribution in [-0.2, 0) is 13.2 Å². The Hall–Kier alpha value is -1.88. The monoisotopic (exact) mass is 219 g/mol. The molecule has 0 bridgehead atoms. The minimum absolute atomic E-state index is 0.0369. The lowest BCUT2D eigenvalue weighted by Crippen LogP contribution is -2.00. The fourth-order valence-corrected chi connectivity index (χ4v) is 1.37. The van der Waals surface area contributed by atoms with Gasteiger partial charge in [-0.05, 0) is 24.6 Å². The summed E-state index contributed by atoms with van der Waals surface area (Å²) in [5.41, 5.74) is 1.79. The number of benzene rings is 1. The standard InChI is InChI=1S/C11H13N3O2/c1-8-13-11(16-14-8)6-12-10-4-2-3-9(5-10)7-15/h2-5,12,15H,6-7H2,1H3. The van der Waals surface area contributed by atoms with Gasteiger partial charge in [-0.2, -0.15) is 4.98 Å². The van der Waals surface area contributed by atoms with Crippen molar-refractivity contribution in [1.82, 2.24) is 10.1 Å². The van der Waals surface area contributed by atoms with E-state index < -0.39 is 0 Å². The highest BCUT2D eigenvalue weighted by molar-refractivity contribution is 5.45. The van der Waals surface area contributed by atoms with Gasteiger partial charge in [0, 0.05) is 5.69 Å². The second kappa shape index (κ2) is 4.76. The maximum absolute atomic E-state index is 8.98. The molecule has 0 spiro atoms. The molecule has 0 aliphatic heterocycles. The third-order valence-electron chi connectivity index (χ3n) is 2.12. The number of aryl methyl sites for hydroxylation is 1. The summed E-state index contributed by atoms with van der Waals surface area (Å²) in [5.74, 6) is 1.17. The number of nitrogens with one attached hydrogen (secondary N) is 1. The molecule has 16 heavy (non-hydrogen) atoms. The van der Waals surface area contributed by atoms with Gasteiger partial charge in [0.05, 0.1) is 13.2 Å². The third-order valence-corrected chi connectivity index (χ3v) is 2.12. The van der Waals surface area contributed by atoms with Crippen LogP contribution in [0.2, 0.25) is 0 Å². The summed E-state index contributed by atoms with van der Waals surface area (Å²) < 4.78 is 4.97. The molecule has 0 saturated heterocycles. The van der Waals surface area contributed by atoms with Crippen molar-refractivity contribution < 1.29 is 9.63 Å². The van der Waals surface area contributed by atoms with Crippen LogP contribution in [0, 0.1) is 6.92 Å². The zero-order valence-corrected chi connectivity index (χ0v) is 8.97. The Bertz CT molecular complexity index is 468. The van der Waals surface area contributed by atoms with Gasteiger partial charge in [-0.3, -0.25) is 0 Å². The Kier molecular flexibility index (Phi) is 3.16. The second-order valence-corrected chi connectivity index (χ2v) is 3.45. The molecule has 0 atom stereocenters. The Labute approximate surface area is 93.1 Å². The van der Waals surface area contributed by atoms with Crippen molar-refractivity contribution in [2.75, 3.05) is 5.32 Å². The first-order valence-corrected chi connectivity index (χ1v) is 5.01. The SMILES string of the molecule is Cc1noc(CNc2cccc(CO)c2)n1. The molecule has 5 heteroatoms. The molecule has 2 aromatic rings. The van der Waals surface area contributed by atoms with Crippen LogP contribution in [0.25, 0.3) is 0 Å². The summed E-state index contributed by atoms with van der Waals surface area (Å²) >= 11 is 0. The van der Waals surface area contributed by atoms with E-state index in [0.717, 1.165) is 11.3 Å². The first-order chi connectivity index (χ1) is 7.78. The summed E-state index contributed by atoms with van der Waals surface area (Å²) in [5, 5.41) is 15.8. The number of rotatable bonds is 4. The first kappa shape index (κ1) is 10.6. The van der Waals surface area contributed by atoms with Crippen molar-refractivity contribution in [3.8, 4) is 0 Å². The molecule has 1 aromatic heterocycles. The van der Waals surface area contributed by atoms with Crippen LogP contribution in [0.4, 0.5) is 5.69 Å². The van der Waals surface area contributed by atoms with E-state index in [2.05, 4.69) is 15.5 Å². The van der Waals surface area contributed by atoms with Gasteiger partial charge >= 0.3 is 0 Å². The van der Waals surface area contributed by atoms with E-state index >= 15 is 0 Å². The van der Waals surface area contributed by atoms with Crippen LogP contribution in [0.15, 0.2) is 28.8 Å². The lowest BCUT2D eigenvalue weighted by atomic mass is 10.2. The van der Waals surface area contributed by atoms with Crippen molar-refractivity contribution >= 4 is 5.69 Å². The van der Waals surface area contributed by atoms with Gasteiger partial charge in [0.25, 0.3) is 0 Å². The summed E-state index contributed by atoms with van der Waals surface area (Å²) in [6.07, 6.45) is 0. The van der Waals surface area contributed by atoms with E-state index in [0.29, 0.717) is 18.3 Å². The van der Waals surface area contributed by atoms with Gasteiger partial charge in [-0.1, -0.05) is 17.3 Å². The minimum atomic E-state index is 0.0369. The van der Waals surface area contributed by atoms with Gasteiger partial charge in [0.1, 0.15) is 0 Å². The fraction of sp³-hybridized carbons (Fsp3) is 0.273. The third kappa shape index (κ3) is 2.58. The molecule has 2 rings (SSSR count). The van der Waals surface area contributed by atoms with Crippen molar-refractivity contribution in [3.05, 3.63) is 41.5 Å². The molecule has 5 nitrogen and oxygen atoms in total. The van der Waals surface area contributed by atoms with Crippen LogP contribution in [0.1, 0.15) is 17.3 Å². The van der Waals surface area contributed by atoms with E-state index in [1.165, 1.54) is 0 Å². The van der Waals surface area contributed by atoms with Crippen LogP contribution in [0.3, 0.4) is 0 Å². The molecule has 0 aliphatic carbocycles. The fourth-order valence-electron chi connectivity index (χ4n) is 1.37. The zero-order valence-electron chi connectivity index (χ0n) is 8.97. The molecule has 0 saturated carbocycles. The number of hydrogen-bond donors (Lipinski definition) is 2. The summed E-state index contributed by atoms with van der Waals surface area (Å²) in [7, 11) is 0. The van der Waals surface area contributed by atoms with Crippen molar-refractivity contribution in [2.45, 2.75) is 20.1 Å². The van der Waals surface area contributed by atoms with Gasteiger partial charge < -0.3 is 14.9 Å². The molecule has 84 valence electrons. The molecule has 2 N–H and O–H groups in total. The molecular weight excluding hydrogens is 206 g/mol. The summed E-state index contributed by atoms with van der Waals surface area (Å²) in [4.78, 5) is 4.08. The zero-order chi connectivity index (χ0) is 11.4. The molecule has 0 fully saturated rings. The average Bonchev–Trinajstić information content (AvgIpc) is 2.73. The van der Waals surface area contributed by atoms with Gasteiger partial charge in [0.15, 0.2) is 5.82 Å². The Morgan fingerprint density at radius 1 is 1.44 bits per heavy atom. The van der Waals surface area contributed by atoms with E-state index in [1.54, 1.807) is 6.92 Å². The van der Waals surface area contributed by atoms with Crippen molar-refractivity contribution in [2.24, 2.45) is 0 Å². The second-order valence-electron chi connectivity index (χ2n) is 3.45. The predicted octanol–water partition coefficient (Wildman–Crippen LogP) is 1.48. The Morgan fingerprint density at radius 3 is 3.00 bits per heavy atom. The number of aliphatic hydroxyl groups excluding tert-OH is 1. The lowest BCUT2D eigenvalue weighted by Gasteiger charge is -2.04. The summed E-state index contributed by atoms with van der Waals surface area (Å²) in [6.45, 7) is 2.30. The number of hydrogen-bond acceptors (Lipinski definition) is 5. The molecule has 0 radical (unpaired) electrons. The average molecular weight is 219 g/mol. The van der Waals surface area contributed by atoms with Gasteiger partial charge in [-0.25, -0.2) is 0 Å². The Balaban J connectivity index is 1.99. The largest absolute Gasteiger partial charge is 0.392 e. The van der Waals surface area contributed by atoms with E-state index in [4.69, 9.17) is 9.63 Å². The summed E-state index contributed by atoms with van der Waals surface area (Å²) in [6, 6.07) is 7.54. The molecule has 0 unspecified atom stereocenters. The maximum Gasteiger partial charge on any atom is 0.245 e. The minimum Gasteiger partial charge on any atom is -0.392 e. The maximum atomic E-state index is 8.98. The highest BCUT2D eigenvalue weighted by atomic mass is 16.5. The van der Waals surface area contributed by atoms with E-state index in [-0.39, 0.29) is 6.61 Å². The van der Waals surface area contributed by atoms with Gasteiger partial charge in [0.2, 0.25) is 5.89 Å². The Morgan fingerprint density at radius 2 is 2.31 bits per heavy atom. The van der Waals surface area contributed by atoms with Crippen LogP contribution in [-0.4, -0.2) is 15.2 Å². The molecular formula is C11H13N3O2. The van der Waals surface area contributed by atoms with Crippen LogP contribution >= 0.6 is 0 Å². The topological polar surface area (TPSA) is 71.2 Å². The first-order valence-electron chi connectivity index (χ1n) is 5.01. The smallest absolute Gasteiger partial charge is 0.245 e. The van der Waals surface area contributed by atoms with E-state index in [1.807, 2.05) is 24.3 Å². The molecule has 0 aliphatic rings. The molecule has 1 heterocycles. The molecule has 0 amide bonds. The number of aromatic nitrogens is 2. The number of nitrogens with zero attached hydrogens (tertiary/aromatic N) is 2. The molecule has 1 aromatic carbocycles. The number of aliphatic hydroxyl groups is 1. The van der Waals surface area contributed by atoms with Crippen LogP contribution in [0.5, 0.6) is 0 Å². The predicted molar refractivity (Wildman–Crippen MR) is 58.7 cm³/mol. The number of anilines is 1. The quantitative estimate of drug-likeness (QED) is 0.815.